The van der Waals surface area contributed by atoms with Crippen LogP contribution in [0.2, 0.25) is 0 Å². The fourth-order valence-electron chi connectivity index (χ4n) is 8.17. The zero-order valence-corrected chi connectivity index (χ0v) is 27.9. The number of aromatic nitrogens is 3. The summed E-state index contributed by atoms with van der Waals surface area (Å²) in [6.45, 7) is 13.7. The van der Waals surface area contributed by atoms with Crippen molar-refractivity contribution in [1.29, 1.82) is 0 Å². The second-order valence-electron chi connectivity index (χ2n) is 13.8. The fourth-order valence-corrected chi connectivity index (χ4v) is 9.41. The molecule has 2 aliphatic rings. The van der Waals surface area contributed by atoms with Gasteiger partial charge >= 0.3 is 11.7 Å². The molecule has 3 aromatic heterocycles. The number of hydrogen-bond donors (Lipinski definition) is 1. The molecule has 4 aromatic rings. The molecule has 0 radical (unpaired) electrons. The van der Waals surface area contributed by atoms with Gasteiger partial charge < -0.3 is 19.0 Å². The molecule has 1 N–H and O–H groups in total. The van der Waals surface area contributed by atoms with Crippen LogP contribution < -0.4 is 16.0 Å². The van der Waals surface area contributed by atoms with Crippen LogP contribution in [0.25, 0.3) is 21.0 Å². The van der Waals surface area contributed by atoms with Gasteiger partial charge in [0.15, 0.2) is 0 Å². The van der Waals surface area contributed by atoms with Gasteiger partial charge in [0.05, 0.1) is 36.2 Å². The Bertz CT molecular complexity index is 1900. The van der Waals surface area contributed by atoms with Crippen LogP contribution >= 0.6 is 11.3 Å². The molecule has 2 aliphatic carbocycles. The number of ether oxygens (including phenoxy) is 2. The van der Waals surface area contributed by atoms with Crippen molar-refractivity contribution in [2.45, 2.75) is 85.6 Å². The highest BCUT2D eigenvalue weighted by Crippen LogP contribution is 2.74. The molecule has 3 heterocycles. The zero-order chi connectivity index (χ0) is 32.6. The van der Waals surface area contributed by atoms with Gasteiger partial charge in [-0.25, -0.2) is 19.1 Å². The van der Waals surface area contributed by atoms with Gasteiger partial charge in [-0.3, -0.25) is 9.36 Å². The van der Waals surface area contributed by atoms with Crippen molar-refractivity contribution >= 4 is 27.5 Å². The highest BCUT2D eigenvalue weighted by molar-refractivity contribution is 7.22. The van der Waals surface area contributed by atoms with Crippen LogP contribution in [0.1, 0.15) is 71.6 Å². The van der Waals surface area contributed by atoms with Crippen molar-refractivity contribution in [3.05, 3.63) is 68.7 Å². The normalized spacial score (nSPS) is 24.8. The van der Waals surface area contributed by atoms with Crippen LogP contribution in [0.15, 0.2) is 50.7 Å². The van der Waals surface area contributed by atoms with E-state index in [0.717, 1.165) is 23.0 Å². The summed E-state index contributed by atoms with van der Waals surface area (Å²) in [7, 11) is 1.60. The average molecular weight is 636 g/mol. The quantitative estimate of drug-likeness (QED) is 0.229. The molecule has 6 rings (SSSR count). The van der Waals surface area contributed by atoms with Crippen LogP contribution in [-0.4, -0.2) is 38.4 Å². The van der Waals surface area contributed by atoms with Crippen LogP contribution in [0, 0.1) is 29.6 Å². The molecule has 0 bridgehead atoms. The number of nitrogens with zero attached hydrogens (tertiary/aromatic N) is 3. The van der Waals surface area contributed by atoms with Crippen molar-refractivity contribution in [2.75, 3.05) is 7.11 Å². The second-order valence-corrected chi connectivity index (χ2v) is 14.8. The molecule has 2 saturated carbocycles. The number of rotatable bonds is 9. The Morgan fingerprint density at radius 2 is 1.91 bits per heavy atom. The van der Waals surface area contributed by atoms with Crippen molar-refractivity contribution in [3.8, 4) is 16.5 Å². The number of carboxylic acids is 1. The lowest BCUT2D eigenvalue weighted by Gasteiger charge is -2.37. The standard InChI is InChI=1S/C34H41N3O7S/c1-18-15-24(32(4,5)34(18)16-19(34)2)44-23(21-11-9-10-12-22(21)42-8)17-36-29-25(20(3)26(45-29)27-35-13-14-43-27)28(38)37(31(36)41)33(6,7)30(39)40/h9-14,18-19,23-24H,15-17H2,1-8H3,(H,39,40). The number of benzene rings is 1. The highest BCUT2D eigenvalue weighted by Gasteiger charge is 2.69. The Hall–Kier alpha value is -3.70. The number of carbonyl (C=O) groups is 1. The molecule has 0 amide bonds. The zero-order valence-electron chi connectivity index (χ0n) is 27.0. The number of aryl methyl sites for hydroxylation is 1. The highest BCUT2D eigenvalue weighted by atomic mass is 32.1. The van der Waals surface area contributed by atoms with Gasteiger partial charge in [0.2, 0.25) is 5.89 Å². The lowest BCUT2D eigenvalue weighted by Crippen LogP contribution is -2.52. The maximum absolute atomic E-state index is 14.4. The summed E-state index contributed by atoms with van der Waals surface area (Å²) in [6, 6.07) is 7.58. The molecule has 2 fully saturated rings. The molecule has 11 heteroatoms. The molecule has 10 nitrogen and oxygen atoms in total. The number of para-hydroxylation sites is 1. The maximum Gasteiger partial charge on any atom is 0.333 e. The first-order valence-corrected chi connectivity index (χ1v) is 16.2. The number of carboxylic acid groups (broad SMARTS) is 1. The van der Waals surface area contributed by atoms with Gasteiger partial charge in [0, 0.05) is 5.56 Å². The minimum Gasteiger partial charge on any atom is -0.496 e. The number of thiophene rings is 1. The Morgan fingerprint density at radius 3 is 2.49 bits per heavy atom. The van der Waals surface area contributed by atoms with E-state index in [1.807, 2.05) is 24.3 Å². The predicted molar refractivity (Wildman–Crippen MR) is 172 cm³/mol. The number of fused-ring (bicyclic) bond motifs is 1. The van der Waals surface area contributed by atoms with Crippen LogP contribution in [-0.2, 0) is 21.6 Å². The van der Waals surface area contributed by atoms with E-state index in [0.29, 0.717) is 38.7 Å². The minimum absolute atomic E-state index is 0.0280. The molecule has 1 spiro atoms. The second kappa shape index (κ2) is 10.7. The Labute approximate surface area is 265 Å². The minimum atomic E-state index is -1.82. The van der Waals surface area contributed by atoms with Crippen molar-refractivity contribution in [2.24, 2.45) is 22.7 Å². The summed E-state index contributed by atoms with van der Waals surface area (Å²) in [6.07, 6.45) is 4.25. The van der Waals surface area contributed by atoms with Crippen LogP contribution in [0.4, 0.5) is 0 Å². The molecular formula is C34H41N3O7S. The first-order chi connectivity index (χ1) is 21.2. The molecule has 5 unspecified atom stereocenters. The fraction of sp³-hybridized carbons (Fsp3) is 0.529. The average Bonchev–Trinajstić information content (AvgIpc) is 3.25. The van der Waals surface area contributed by atoms with E-state index in [4.69, 9.17) is 13.9 Å². The third-order valence-corrected chi connectivity index (χ3v) is 12.2. The Kier molecular flexibility index (Phi) is 7.43. The summed E-state index contributed by atoms with van der Waals surface area (Å²) in [5, 5.41) is 10.4. The predicted octanol–water partition coefficient (Wildman–Crippen LogP) is 6.24. The number of hydrogen-bond acceptors (Lipinski definition) is 8. The van der Waals surface area contributed by atoms with Gasteiger partial charge in [-0.1, -0.05) is 45.9 Å². The van der Waals surface area contributed by atoms with Gasteiger partial charge in [0.1, 0.15) is 28.5 Å². The molecule has 45 heavy (non-hydrogen) atoms. The molecular weight excluding hydrogens is 594 g/mol. The lowest BCUT2D eigenvalue weighted by molar-refractivity contribution is -0.146. The Morgan fingerprint density at radius 1 is 1.22 bits per heavy atom. The van der Waals surface area contributed by atoms with E-state index in [2.05, 4.69) is 32.7 Å². The summed E-state index contributed by atoms with van der Waals surface area (Å²) < 4.78 is 20.8. The first kappa shape index (κ1) is 31.3. The molecule has 0 aliphatic heterocycles. The van der Waals surface area contributed by atoms with Crippen molar-refractivity contribution in [3.63, 3.8) is 0 Å². The summed E-state index contributed by atoms with van der Waals surface area (Å²) >= 11 is 1.22. The lowest BCUT2D eigenvalue weighted by atomic mass is 9.73. The van der Waals surface area contributed by atoms with E-state index in [9.17, 15) is 19.5 Å². The van der Waals surface area contributed by atoms with Crippen LogP contribution in [0.5, 0.6) is 5.75 Å². The third-order valence-electron chi connectivity index (χ3n) is 10.9. The SMILES string of the molecule is COc1ccccc1C(Cn1c(=O)n(C(C)(C)C(=O)O)c(=O)c2c(C)c(-c3ncco3)sc21)OC1CC(C)C2(CC2C)C1(C)C. The topological polar surface area (TPSA) is 126 Å². The van der Waals surface area contributed by atoms with E-state index in [-0.39, 0.29) is 28.9 Å². The monoisotopic (exact) mass is 635 g/mol. The summed E-state index contributed by atoms with van der Waals surface area (Å²) in [5.74, 6) is 0.720. The van der Waals surface area contributed by atoms with E-state index < -0.39 is 28.9 Å². The van der Waals surface area contributed by atoms with Crippen molar-refractivity contribution in [1.82, 2.24) is 14.1 Å². The van der Waals surface area contributed by atoms with E-state index in [1.54, 1.807) is 14.0 Å². The maximum atomic E-state index is 14.4. The molecule has 5 atom stereocenters. The van der Waals surface area contributed by atoms with E-state index in [1.165, 1.54) is 42.2 Å². The van der Waals surface area contributed by atoms with E-state index >= 15 is 0 Å². The molecule has 0 saturated heterocycles. The smallest absolute Gasteiger partial charge is 0.333 e. The van der Waals surface area contributed by atoms with Gasteiger partial charge in [-0.05, 0) is 67.9 Å². The molecule has 1 aromatic carbocycles. The number of aliphatic carboxylic acids is 1. The van der Waals surface area contributed by atoms with Crippen LogP contribution in [0.3, 0.4) is 0 Å². The number of oxazole rings is 1. The number of methoxy groups -OCH3 is 1. The third kappa shape index (κ3) is 4.52. The van der Waals surface area contributed by atoms with Gasteiger partial charge in [0.25, 0.3) is 5.56 Å². The summed E-state index contributed by atoms with van der Waals surface area (Å²) in [5.41, 5.74) is -1.80. The first-order valence-electron chi connectivity index (χ1n) is 15.4. The van der Waals surface area contributed by atoms with Gasteiger partial charge in [-0.2, -0.15) is 0 Å². The summed E-state index contributed by atoms with van der Waals surface area (Å²) in [4.78, 5) is 46.1. The Balaban J connectivity index is 1.57. The van der Waals surface area contributed by atoms with Gasteiger partial charge in [-0.15, -0.1) is 11.3 Å². The largest absolute Gasteiger partial charge is 0.496 e. The molecule has 240 valence electrons. The van der Waals surface area contributed by atoms with Crippen molar-refractivity contribution < 1.29 is 23.8 Å².